The minimum atomic E-state index is -4.18. The van der Waals surface area contributed by atoms with E-state index in [4.69, 9.17) is 20.9 Å². The zero-order valence-electron chi connectivity index (χ0n) is 20.4. The molecule has 1 N–H and O–H groups in total. The topological polar surface area (TPSA) is 128 Å². The highest BCUT2D eigenvalue weighted by molar-refractivity contribution is 7.90. The van der Waals surface area contributed by atoms with Crippen molar-refractivity contribution in [2.45, 2.75) is 44.6 Å². The zero-order chi connectivity index (χ0) is 25.8. The van der Waals surface area contributed by atoms with Gasteiger partial charge in [-0.05, 0) is 44.9 Å². The molecule has 1 aliphatic rings. The van der Waals surface area contributed by atoms with Crippen molar-refractivity contribution in [2.24, 2.45) is 11.8 Å². The summed E-state index contributed by atoms with van der Waals surface area (Å²) in [5, 5.41) is 10.7. The normalized spacial score (nSPS) is 19.8. The summed E-state index contributed by atoms with van der Waals surface area (Å²) < 4.78 is 38.1. The van der Waals surface area contributed by atoms with Crippen LogP contribution in [0.5, 0.6) is 0 Å². The monoisotopic (exact) mass is 523 g/mol. The van der Waals surface area contributed by atoms with Crippen molar-refractivity contribution < 1.29 is 22.5 Å². The fourth-order valence-electron chi connectivity index (χ4n) is 3.60. The molecule has 0 bridgehead atoms. The number of anilines is 1. The highest BCUT2D eigenvalue weighted by atomic mass is 35.5. The number of carbonyl (C=O) groups excluding carboxylic acids is 1. The van der Waals surface area contributed by atoms with Crippen LogP contribution in [0.3, 0.4) is 0 Å². The third-order valence-electron chi connectivity index (χ3n) is 5.39. The Kier molecular flexibility index (Phi) is 8.34. The Bertz CT molecular complexity index is 1190. The van der Waals surface area contributed by atoms with E-state index >= 15 is 0 Å². The van der Waals surface area contributed by atoms with Crippen molar-refractivity contribution in [1.29, 1.82) is 0 Å². The Labute approximate surface area is 210 Å². The number of nitrogens with zero attached hydrogens (tertiary/aromatic N) is 4. The maximum Gasteiger partial charge on any atom is 0.285 e. The van der Waals surface area contributed by atoms with Gasteiger partial charge in [0, 0.05) is 19.0 Å². The molecule has 2 aromatic heterocycles. The van der Waals surface area contributed by atoms with Gasteiger partial charge < -0.3 is 14.2 Å². The van der Waals surface area contributed by atoms with Crippen LogP contribution >= 0.6 is 11.6 Å². The number of carbonyl (C=O) groups is 1. The maximum absolute atomic E-state index is 12.6. The molecule has 2 aromatic rings. The second-order valence-corrected chi connectivity index (χ2v) is 10.9. The number of rotatable bonds is 10. The van der Waals surface area contributed by atoms with Crippen LogP contribution in [-0.4, -0.2) is 54.4 Å². The van der Waals surface area contributed by atoms with Gasteiger partial charge in [0.15, 0.2) is 27.2 Å². The van der Waals surface area contributed by atoms with Crippen LogP contribution in [-0.2, 0) is 14.8 Å². The van der Waals surface area contributed by atoms with Crippen LogP contribution < -0.4 is 9.62 Å². The highest BCUT2D eigenvalue weighted by Crippen LogP contribution is 2.34. The first-order chi connectivity index (χ1) is 16.5. The van der Waals surface area contributed by atoms with Crippen LogP contribution in [0.25, 0.3) is 0 Å². The molecule has 35 heavy (non-hydrogen) atoms. The lowest BCUT2D eigenvalue weighted by molar-refractivity contribution is 0.0106. The van der Waals surface area contributed by atoms with E-state index in [-0.39, 0.29) is 28.0 Å². The van der Waals surface area contributed by atoms with E-state index in [1.165, 1.54) is 19.9 Å². The molecule has 3 rings (SSSR count). The zero-order valence-corrected chi connectivity index (χ0v) is 21.9. The number of hydrogen-bond donors (Lipinski definition) is 1. The van der Waals surface area contributed by atoms with Crippen molar-refractivity contribution in [3.05, 3.63) is 53.6 Å². The molecule has 2 atom stereocenters. The molecule has 1 aliphatic carbocycles. The number of hydrogen-bond acceptors (Lipinski definition) is 9. The van der Waals surface area contributed by atoms with Gasteiger partial charge in [0.1, 0.15) is 5.69 Å². The number of aromatic nitrogens is 3. The van der Waals surface area contributed by atoms with Crippen molar-refractivity contribution in [3.8, 4) is 0 Å². The molecule has 0 spiro atoms. The van der Waals surface area contributed by atoms with Gasteiger partial charge in [-0.3, -0.25) is 4.79 Å². The fourth-order valence-corrected chi connectivity index (χ4v) is 5.17. The summed E-state index contributed by atoms with van der Waals surface area (Å²) in [6, 6.07) is 3.03. The van der Waals surface area contributed by atoms with Crippen molar-refractivity contribution in [2.75, 3.05) is 24.6 Å². The van der Waals surface area contributed by atoms with E-state index in [1.807, 2.05) is 40.8 Å². The number of sulfonamides is 1. The summed E-state index contributed by atoms with van der Waals surface area (Å²) >= 11 is 6.82. The van der Waals surface area contributed by atoms with Gasteiger partial charge in [-0.2, -0.15) is 0 Å². The molecule has 10 nitrogen and oxygen atoms in total. The second-order valence-electron chi connectivity index (χ2n) is 8.66. The first-order valence-electron chi connectivity index (χ1n) is 11.2. The highest BCUT2D eigenvalue weighted by Gasteiger charge is 2.37. The average Bonchev–Trinajstić information content (AvgIpc) is 3.16. The molecule has 2 unspecified atom stereocenters. The van der Waals surface area contributed by atoms with Gasteiger partial charge in [-0.1, -0.05) is 48.8 Å². The van der Waals surface area contributed by atoms with E-state index in [0.717, 1.165) is 0 Å². The molecule has 0 radical (unpaired) electrons. The van der Waals surface area contributed by atoms with Crippen LogP contribution in [0.15, 0.2) is 45.9 Å². The lowest BCUT2D eigenvalue weighted by Gasteiger charge is -2.36. The summed E-state index contributed by atoms with van der Waals surface area (Å²) in [4.78, 5) is 14.3. The fraction of sp³-hybridized carbons (Fsp3) is 0.478. The Balaban J connectivity index is 1.72. The smallest absolute Gasteiger partial charge is 0.285 e. The molecule has 0 saturated heterocycles. The van der Waals surface area contributed by atoms with Crippen molar-refractivity contribution >= 4 is 33.3 Å². The largest absolute Gasteiger partial charge is 0.360 e. The standard InChI is InChI=1S/C23H30ClN5O5S/c1-6-29(13-18-9-7-8-12-23(18,24)33-14-15(2)3)20-11-10-19(25-26-20)22(30)28-35(31,32)21-16(4)27-34-17(21)5/h7-12,15,18H,6,13-14H2,1-5H3,(H,28,30). The molecular weight excluding hydrogens is 494 g/mol. The molecule has 1 amide bonds. The molecule has 0 fully saturated rings. The number of allylic oxidation sites excluding steroid dienone is 2. The lowest BCUT2D eigenvalue weighted by Crippen LogP contribution is -2.42. The summed E-state index contributed by atoms with van der Waals surface area (Å²) in [7, 11) is -4.18. The second kappa shape index (κ2) is 10.9. The number of aryl methyl sites for hydroxylation is 2. The summed E-state index contributed by atoms with van der Waals surface area (Å²) in [5.74, 6) is -0.128. The summed E-state index contributed by atoms with van der Waals surface area (Å²) in [5.41, 5.74) is 0.00904. The molecule has 0 aliphatic heterocycles. The van der Waals surface area contributed by atoms with E-state index in [9.17, 15) is 13.2 Å². The van der Waals surface area contributed by atoms with Crippen LogP contribution in [0.4, 0.5) is 5.82 Å². The van der Waals surface area contributed by atoms with Gasteiger partial charge >= 0.3 is 0 Å². The first-order valence-corrected chi connectivity index (χ1v) is 13.1. The Hall–Kier alpha value is -2.76. The predicted octanol–water partition coefficient (Wildman–Crippen LogP) is 3.38. The molecule has 0 saturated carbocycles. The SMILES string of the molecule is CCN(CC1C=CC=CC1(Cl)OCC(C)C)c1ccc(C(=O)NS(=O)(=O)c2c(C)noc2C)nn1. The molecule has 190 valence electrons. The number of amides is 1. The summed E-state index contributed by atoms with van der Waals surface area (Å²) in [6.07, 6.45) is 7.62. The number of ether oxygens (including phenoxy) is 1. The van der Waals surface area contributed by atoms with E-state index < -0.39 is 21.0 Å². The van der Waals surface area contributed by atoms with Gasteiger partial charge in [0.2, 0.25) is 0 Å². The van der Waals surface area contributed by atoms with E-state index in [2.05, 4.69) is 29.2 Å². The first kappa shape index (κ1) is 26.8. The van der Waals surface area contributed by atoms with Crippen LogP contribution in [0.2, 0.25) is 0 Å². The Morgan fingerprint density at radius 2 is 2.03 bits per heavy atom. The quantitative estimate of drug-likeness (QED) is 0.466. The number of nitrogens with one attached hydrogen (secondary N) is 1. The minimum absolute atomic E-state index is 0.0853. The average molecular weight is 524 g/mol. The minimum Gasteiger partial charge on any atom is -0.360 e. The maximum atomic E-state index is 12.6. The van der Waals surface area contributed by atoms with Gasteiger partial charge in [-0.15, -0.1) is 10.2 Å². The number of halogens is 1. The van der Waals surface area contributed by atoms with E-state index in [0.29, 0.717) is 31.4 Å². The van der Waals surface area contributed by atoms with Gasteiger partial charge in [0.25, 0.3) is 15.9 Å². The van der Waals surface area contributed by atoms with Crippen molar-refractivity contribution in [3.63, 3.8) is 0 Å². The van der Waals surface area contributed by atoms with Crippen LogP contribution in [0.1, 0.15) is 42.7 Å². The Morgan fingerprint density at radius 1 is 1.29 bits per heavy atom. The molecule has 2 heterocycles. The Morgan fingerprint density at radius 3 is 2.60 bits per heavy atom. The van der Waals surface area contributed by atoms with Crippen LogP contribution in [0, 0.1) is 25.7 Å². The van der Waals surface area contributed by atoms with Gasteiger partial charge in [0.05, 0.1) is 6.61 Å². The van der Waals surface area contributed by atoms with E-state index in [1.54, 1.807) is 6.07 Å². The number of alkyl halides is 1. The summed E-state index contributed by atoms with van der Waals surface area (Å²) in [6.45, 7) is 10.6. The third kappa shape index (κ3) is 6.28. The molecule has 0 aromatic carbocycles. The van der Waals surface area contributed by atoms with Gasteiger partial charge in [-0.25, -0.2) is 13.1 Å². The van der Waals surface area contributed by atoms with Crippen molar-refractivity contribution in [1.82, 2.24) is 20.1 Å². The molecule has 12 heteroatoms. The lowest BCUT2D eigenvalue weighted by atomic mass is 9.95. The molecular formula is C23H30ClN5O5S. The predicted molar refractivity (Wildman–Crippen MR) is 132 cm³/mol. The third-order valence-corrected chi connectivity index (χ3v) is 7.48.